The van der Waals surface area contributed by atoms with Gasteiger partial charge < -0.3 is 9.64 Å². The number of hydrogen-bond donors (Lipinski definition) is 0. The predicted molar refractivity (Wildman–Crippen MR) is 102 cm³/mol. The Morgan fingerprint density at radius 2 is 1.74 bits per heavy atom. The van der Waals surface area contributed by atoms with E-state index >= 15 is 0 Å². The molecule has 1 atom stereocenters. The molecule has 3 aromatic rings. The van der Waals surface area contributed by atoms with Crippen LogP contribution in [0.2, 0.25) is 0 Å². The molecule has 5 heteroatoms. The maximum atomic E-state index is 12.8. The number of anilines is 1. The third kappa shape index (κ3) is 3.31. The number of para-hydroxylation sites is 2. The Bertz CT molecular complexity index is 984. The van der Waals surface area contributed by atoms with Crippen molar-refractivity contribution >= 4 is 17.4 Å². The quantitative estimate of drug-likeness (QED) is 0.530. The first-order valence-corrected chi connectivity index (χ1v) is 8.70. The minimum Gasteiger partial charge on any atom is -0.470 e. The monoisotopic (exact) mass is 358 g/mol. The number of nitrogens with zero attached hydrogens (tertiary/aromatic N) is 2. The Kier molecular flexibility index (Phi) is 4.42. The predicted octanol–water partition coefficient (Wildman–Crippen LogP) is 3.28. The Morgan fingerprint density at radius 3 is 2.48 bits per heavy atom. The standard InChI is InChI=1S/C22H18N2O3/c1-24-18-9-5-6-10-19(18)27-21(22(24)26)20(25)17-12-11-16(14-23-17)13-15-7-3-2-4-8-15/h2-12,14,21H,13H2,1H3. The highest BCUT2D eigenvalue weighted by Crippen LogP contribution is 2.33. The van der Waals surface area contributed by atoms with Crippen LogP contribution >= 0.6 is 0 Å². The number of fused-ring (bicyclic) bond motifs is 1. The minimum atomic E-state index is -1.21. The van der Waals surface area contributed by atoms with Crippen LogP contribution in [0.15, 0.2) is 72.9 Å². The second kappa shape index (κ2) is 7.03. The van der Waals surface area contributed by atoms with Crippen LogP contribution in [0.3, 0.4) is 0 Å². The number of likely N-dealkylation sites (N-methyl/N-ethyl adjacent to an activating group) is 1. The van der Waals surface area contributed by atoms with Crippen LogP contribution in [0, 0.1) is 0 Å². The number of amides is 1. The van der Waals surface area contributed by atoms with Gasteiger partial charge in [-0.1, -0.05) is 48.5 Å². The molecule has 0 spiro atoms. The van der Waals surface area contributed by atoms with Crippen LogP contribution in [0.5, 0.6) is 5.75 Å². The fraction of sp³-hybridized carbons (Fsp3) is 0.136. The van der Waals surface area contributed by atoms with E-state index in [1.807, 2.05) is 42.5 Å². The van der Waals surface area contributed by atoms with Gasteiger partial charge >= 0.3 is 0 Å². The first kappa shape index (κ1) is 17.0. The summed E-state index contributed by atoms with van der Waals surface area (Å²) in [5, 5.41) is 0. The summed E-state index contributed by atoms with van der Waals surface area (Å²) < 4.78 is 5.68. The van der Waals surface area contributed by atoms with Crippen molar-refractivity contribution in [2.24, 2.45) is 0 Å². The lowest BCUT2D eigenvalue weighted by atomic mass is 10.0. The van der Waals surface area contributed by atoms with E-state index in [9.17, 15) is 9.59 Å². The van der Waals surface area contributed by atoms with Gasteiger partial charge in [-0.3, -0.25) is 14.6 Å². The summed E-state index contributed by atoms with van der Waals surface area (Å²) >= 11 is 0. The van der Waals surface area contributed by atoms with Crippen LogP contribution in [-0.4, -0.2) is 29.8 Å². The minimum absolute atomic E-state index is 0.220. The van der Waals surface area contributed by atoms with Crippen molar-refractivity contribution in [3.8, 4) is 5.75 Å². The molecule has 1 aliphatic heterocycles. The second-order valence-electron chi connectivity index (χ2n) is 6.44. The molecule has 134 valence electrons. The summed E-state index contributed by atoms with van der Waals surface area (Å²) in [5.41, 5.74) is 3.04. The van der Waals surface area contributed by atoms with Crippen LogP contribution in [0.4, 0.5) is 5.69 Å². The molecule has 0 radical (unpaired) electrons. The molecule has 0 bridgehead atoms. The maximum Gasteiger partial charge on any atom is 0.276 e. The zero-order chi connectivity index (χ0) is 18.8. The largest absolute Gasteiger partial charge is 0.470 e. The van der Waals surface area contributed by atoms with E-state index in [2.05, 4.69) is 4.98 Å². The molecular weight excluding hydrogens is 340 g/mol. The molecule has 27 heavy (non-hydrogen) atoms. The molecule has 5 nitrogen and oxygen atoms in total. The number of carbonyl (C=O) groups is 2. The van der Waals surface area contributed by atoms with Gasteiger partial charge in [-0.15, -0.1) is 0 Å². The highest BCUT2D eigenvalue weighted by atomic mass is 16.5. The highest BCUT2D eigenvalue weighted by Gasteiger charge is 2.38. The van der Waals surface area contributed by atoms with Gasteiger partial charge in [-0.05, 0) is 35.7 Å². The van der Waals surface area contributed by atoms with Crippen molar-refractivity contribution in [1.82, 2.24) is 4.98 Å². The average molecular weight is 358 g/mol. The number of carbonyl (C=O) groups excluding carboxylic acids is 2. The number of ketones is 1. The van der Waals surface area contributed by atoms with Crippen LogP contribution in [-0.2, 0) is 11.2 Å². The molecule has 0 saturated carbocycles. The third-order valence-electron chi connectivity index (χ3n) is 4.59. The van der Waals surface area contributed by atoms with Gasteiger partial charge in [-0.25, -0.2) is 0 Å². The van der Waals surface area contributed by atoms with Crippen LogP contribution in [0.1, 0.15) is 21.6 Å². The molecule has 2 aromatic carbocycles. The van der Waals surface area contributed by atoms with Gasteiger partial charge in [-0.2, -0.15) is 0 Å². The van der Waals surface area contributed by atoms with Crippen molar-refractivity contribution in [2.75, 3.05) is 11.9 Å². The number of benzene rings is 2. The van der Waals surface area contributed by atoms with Gasteiger partial charge in [0.15, 0.2) is 0 Å². The smallest absolute Gasteiger partial charge is 0.276 e. The number of Topliss-reactive ketones (excluding diaryl/α,β-unsaturated/α-hetero) is 1. The van der Waals surface area contributed by atoms with Crippen LogP contribution in [0.25, 0.3) is 0 Å². The Balaban J connectivity index is 1.54. The summed E-state index contributed by atoms with van der Waals surface area (Å²) in [5.74, 6) is -0.319. The lowest BCUT2D eigenvalue weighted by Crippen LogP contribution is -2.48. The molecule has 2 heterocycles. The SMILES string of the molecule is CN1C(=O)C(C(=O)c2ccc(Cc3ccccc3)cn2)Oc2ccccc21. The lowest BCUT2D eigenvalue weighted by molar-refractivity contribution is -0.124. The molecule has 4 rings (SSSR count). The lowest BCUT2D eigenvalue weighted by Gasteiger charge is -2.30. The molecule has 1 unspecified atom stereocenters. The normalized spacial score (nSPS) is 15.8. The van der Waals surface area contributed by atoms with Gasteiger partial charge in [0, 0.05) is 13.2 Å². The van der Waals surface area contributed by atoms with E-state index in [0.29, 0.717) is 11.4 Å². The van der Waals surface area contributed by atoms with Gasteiger partial charge in [0.25, 0.3) is 5.91 Å². The summed E-state index contributed by atoms with van der Waals surface area (Å²) in [6.07, 6.45) is 1.19. The van der Waals surface area contributed by atoms with E-state index < -0.39 is 17.8 Å². The van der Waals surface area contributed by atoms with Crippen LogP contribution < -0.4 is 9.64 Å². The van der Waals surface area contributed by atoms with Crippen molar-refractivity contribution in [3.05, 3.63) is 89.7 Å². The number of aromatic nitrogens is 1. The summed E-state index contributed by atoms with van der Waals surface area (Å²) in [4.78, 5) is 31.1. The Hall–Kier alpha value is -3.47. The Labute approximate surface area is 157 Å². The van der Waals surface area contributed by atoms with Gasteiger partial charge in [0.1, 0.15) is 11.4 Å². The third-order valence-corrected chi connectivity index (χ3v) is 4.59. The van der Waals surface area contributed by atoms with Crippen molar-refractivity contribution in [1.29, 1.82) is 0 Å². The van der Waals surface area contributed by atoms with E-state index in [1.165, 1.54) is 10.5 Å². The number of rotatable bonds is 4. The van der Waals surface area contributed by atoms with Gasteiger partial charge in [0.2, 0.25) is 11.9 Å². The first-order valence-electron chi connectivity index (χ1n) is 8.70. The summed E-state index contributed by atoms with van der Waals surface area (Å²) in [6.45, 7) is 0. The molecule has 0 N–H and O–H groups in total. The summed E-state index contributed by atoms with van der Waals surface area (Å²) in [6, 6.07) is 20.7. The van der Waals surface area contributed by atoms with E-state index in [1.54, 1.807) is 37.5 Å². The van der Waals surface area contributed by atoms with Crippen molar-refractivity contribution in [3.63, 3.8) is 0 Å². The fourth-order valence-corrected chi connectivity index (χ4v) is 3.11. The van der Waals surface area contributed by atoms with E-state index in [-0.39, 0.29) is 5.69 Å². The molecule has 0 fully saturated rings. The number of hydrogen-bond acceptors (Lipinski definition) is 4. The zero-order valence-electron chi connectivity index (χ0n) is 14.8. The zero-order valence-corrected chi connectivity index (χ0v) is 14.8. The Morgan fingerprint density at radius 1 is 1.00 bits per heavy atom. The maximum absolute atomic E-state index is 12.8. The van der Waals surface area contributed by atoms with E-state index in [4.69, 9.17) is 4.74 Å². The van der Waals surface area contributed by atoms with Crippen molar-refractivity contribution in [2.45, 2.75) is 12.5 Å². The highest BCUT2D eigenvalue weighted by molar-refractivity contribution is 6.17. The second-order valence-corrected chi connectivity index (χ2v) is 6.44. The van der Waals surface area contributed by atoms with Gasteiger partial charge in [0.05, 0.1) is 5.69 Å². The topological polar surface area (TPSA) is 59.5 Å². The van der Waals surface area contributed by atoms with E-state index in [0.717, 1.165) is 12.0 Å². The molecule has 1 aliphatic rings. The first-order chi connectivity index (χ1) is 13.1. The number of ether oxygens (including phenoxy) is 1. The average Bonchev–Trinajstić information content (AvgIpc) is 2.71. The summed E-state index contributed by atoms with van der Waals surface area (Å²) in [7, 11) is 1.64. The number of pyridine rings is 1. The molecule has 1 amide bonds. The van der Waals surface area contributed by atoms with Crippen molar-refractivity contribution < 1.29 is 14.3 Å². The molecule has 0 saturated heterocycles. The molecule has 0 aliphatic carbocycles. The molecular formula is C22H18N2O3. The fourth-order valence-electron chi connectivity index (χ4n) is 3.11. The molecule has 1 aromatic heterocycles.